The lowest BCUT2D eigenvalue weighted by Gasteiger charge is -2.16. The van der Waals surface area contributed by atoms with Crippen molar-refractivity contribution in [1.82, 2.24) is 15.2 Å². The number of anilines is 2. The lowest BCUT2D eigenvalue weighted by Crippen LogP contribution is -2.18. The molecule has 0 fully saturated rings. The van der Waals surface area contributed by atoms with Crippen LogP contribution < -0.4 is 10.2 Å². The van der Waals surface area contributed by atoms with Crippen molar-refractivity contribution < 1.29 is 9.21 Å². The number of pyridine rings is 1. The number of amides is 1. The van der Waals surface area contributed by atoms with Crippen molar-refractivity contribution in [1.29, 1.82) is 0 Å². The zero-order valence-electron chi connectivity index (χ0n) is 16.2. The lowest BCUT2D eigenvalue weighted by atomic mass is 10.1. The molecule has 148 valence electrons. The molecule has 0 atom stereocenters. The molecule has 0 aliphatic heterocycles. The molecule has 7 nitrogen and oxygen atoms in total. The highest BCUT2D eigenvalue weighted by Crippen LogP contribution is 2.34. The zero-order valence-corrected chi connectivity index (χ0v) is 17.8. The van der Waals surface area contributed by atoms with Crippen LogP contribution in [0.2, 0.25) is 0 Å². The summed E-state index contributed by atoms with van der Waals surface area (Å²) in [5, 5.41) is 13.0. The minimum absolute atomic E-state index is 0.300. The van der Waals surface area contributed by atoms with E-state index in [0.717, 1.165) is 20.3 Å². The lowest BCUT2D eigenvalue weighted by molar-refractivity contribution is 0.0998. The maximum atomic E-state index is 13.1. The molecule has 1 N–H and O–H groups in total. The third-order valence-electron chi connectivity index (χ3n) is 4.21. The molecule has 3 aromatic heterocycles. The molecule has 1 aromatic carbocycles. The summed E-state index contributed by atoms with van der Waals surface area (Å²) in [6.45, 7) is 1.92. The molecule has 0 radical (unpaired) electrons. The molecule has 0 unspecified atom stereocenters. The third-order valence-corrected chi connectivity index (χ3v) is 6.21. The van der Waals surface area contributed by atoms with Crippen LogP contribution in [0.15, 0.2) is 51.4 Å². The van der Waals surface area contributed by atoms with Crippen LogP contribution in [-0.2, 0) is 5.75 Å². The van der Waals surface area contributed by atoms with Gasteiger partial charge in [0.2, 0.25) is 0 Å². The van der Waals surface area contributed by atoms with Crippen LogP contribution >= 0.6 is 23.1 Å². The Balaban J connectivity index is 1.66. The number of thioether (sulfide) groups is 1. The van der Waals surface area contributed by atoms with Crippen LogP contribution in [0, 0.1) is 6.92 Å². The van der Waals surface area contributed by atoms with Crippen LogP contribution in [0.5, 0.6) is 0 Å². The Labute approximate surface area is 176 Å². The van der Waals surface area contributed by atoms with Crippen molar-refractivity contribution in [2.24, 2.45) is 0 Å². The van der Waals surface area contributed by atoms with Crippen molar-refractivity contribution in [3.8, 4) is 0 Å². The second-order valence-corrected chi connectivity index (χ2v) is 8.91. The predicted molar refractivity (Wildman–Crippen MR) is 117 cm³/mol. The summed E-state index contributed by atoms with van der Waals surface area (Å²) in [5.41, 5.74) is 2.15. The van der Waals surface area contributed by atoms with E-state index in [1.165, 1.54) is 11.3 Å². The van der Waals surface area contributed by atoms with Crippen molar-refractivity contribution in [3.05, 3.63) is 58.9 Å². The maximum absolute atomic E-state index is 13.1. The van der Waals surface area contributed by atoms with E-state index in [0.29, 0.717) is 28.6 Å². The summed E-state index contributed by atoms with van der Waals surface area (Å²) in [7, 11) is 3.76. The Hall–Kier alpha value is -2.91. The summed E-state index contributed by atoms with van der Waals surface area (Å²) in [6, 6.07) is 11.3. The Bertz CT molecular complexity index is 1170. The smallest absolute Gasteiger partial charge is 0.291 e. The van der Waals surface area contributed by atoms with Gasteiger partial charge in [-0.2, -0.15) is 0 Å². The van der Waals surface area contributed by atoms with Gasteiger partial charge in [0.15, 0.2) is 15.9 Å². The number of aryl methyl sites for hydroxylation is 1. The Morgan fingerprint density at radius 3 is 2.79 bits per heavy atom. The fourth-order valence-corrected chi connectivity index (χ4v) is 4.77. The van der Waals surface area contributed by atoms with Crippen LogP contribution in [0.25, 0.3) is 11.0 Å². The number of carbonyl (C=O) groups excluding carboxylic acids is 1. The largest absolute Gasteiger partial charge is 0.451 e. The molecule has 9 heteroatoms. The number of para-hydroxylation sites is 1. The van der Waals surface area contributed by atoms with E-state index >= 15 is 0 Å². The first-order chi connectivity index (χ1) is 14.0. The van der Waals surface area contributed by atoms with Gasteiger partial charge in [0.05, 0.1) is 5.69 Å². The number of nitrogens with one attached hydrogen (secondary N) is 1. The molecular weight excluding hydrogens is 406 g/mol. The Morgan fingerprint density at radius 1 is 1.21 bits per heavy atom. The number of hydrogen-bond donors (Lipinski definition) is 1. The standard InChI is InChI=1S/C20H19N5O2S2/c1-12-23-24-20(29-12)28-11-14-13-7-4-5-9-16(13)27-17(14)19(26)22-15-8-6-10-21-18(15)25(2)3/h4-10H,11H2,1-3H3,(H,22,26). The molecule has 0 bridgehead atoms. The van der Waals surface area contributed by atoms with Crippen molar-refractivity contribution >= 4 is 51.5 Å². The first-order valence-corrected chi connectivity index (χ1v) is 10.7. The number of carbonyl (C=O) groups is 1. The van der Waals surface area contributed by atoms with Gasteiger partial charge in [-0.1, -0.05) is 41.3 Å². The highest BCUT2D eigenvalue weighted by atomic mass is 32.2. The quantitative estimate of drug-likeness (QED) is 0.452. The Morgan fingerprint density at radius 2 is 2.03 bits per heavy atom. The number of aromatic nitrogens is 3. The minimum Gasteiger partial charge on any atom is -0.451 e. The molecule has 0 saturated heterocycles. The van der Waals surface area contributed by atoms with Gasteiger partial charge in [-0.3, -0.25) is 4.79 Å². The maximum Gasteiger partial charge on any atom is 0.291 e. The van der Waals surface area contributed by atoms with Gasteiger partial charge in [-0.15, -0.1) is 10.2 Å². The average molecular weight is 426 g/mol. The third kappa shape index (κ3) is 4.10. The molecule has 0 saturated carbocycles. The summed E-state index contributed by atoms with van der Waals surface area (Å²) in [5.74, 6) is 1.23. The summed E-state index contributed by atoms with van der Waals surface area (Å²) in [4.78, 5) is 19.3. The van der Waals surface area contributed by atoms with E-state index in [4.69, 9.17) is 4.42 Å². The molecule has 0 spiro atoms. The van der Waals surface area contributed by atoms with Crippen LogP contribution in [0.3, 0.4) is 0 Å². The van der Waals surface area contributed by atoms with E-state index < -0.39 is 0 Å². The molecule has 4 aromatic rings. The number of fused-ring (bicyclic) bond motifs is 1. The number of nitrogens with zero attached hydrogens (tertiary/aromatic N) is 4. The first kappa shape index (κ1) is 19.4. The highest BCUT2D eigenvalue weighted by molar-refractivity contribution is 8.00. The van der Waals surface area contributed by atoms with Gasteiger partial charge < -0.3 is 14.6 Å². The normalized spacial score (nSPS) is 11.0. The highest BCUT2D eigenvalue weighted by Gasteiger charge is 2.22. The second kappa shape index (κ2) is 8.22. The first-order valence-electron chi connectivity index (χ1n) is 8.90. The van der Waals surface area contributed by atoms with Crippen molar-refractivity contribution in [2.45, 2.75) is 17.0 Å². The van der Waals surface area contributed by atoms with Crippen molar-refractivity contribution in [2.75, 3.05) is 24.3 Å². The SMILES string of the molecule is Cc1nnc(SCc2c(C(=O)Nc3cccnc3N(C)C)oc3ccccc23)s1. The average Bonchev–Trinajstić information content (AvgIpc) is 3.30. The number of hydrogen-bond acceptors (Lipinski definition) is 8. The fraction of sp³-hybridized carbons (Fsp3) is 0.200. The summed E-state index contributed by atoms with van der Waals surface area (Å²) >= 11 is 3.08. The minimum atomic E-state index is -0.304. The number of furan rings is 1. The van der Waals surface area contributed by atoms with E-state index in [2.05, 4.69) is 20.5 Å². The van der Waals surface area contributed by atoms with Gasteiger partial charge in [0.25, 0.3) is 5.91 Å². The predicted octanol–water partition coefficient (Wildman–Crippen LogP) is 4.60. The van der Waals surface area contributed by atoms with Crippen LogP contribution in [0.1, 0.15) is 21.1 Å². The molecule has 1 amide bonds. The molecule has 0 aliphatic rings. The second-order valence-electron chi connectivity index (χ2n) is 6.50. The van der Waals surface area contributed by atoms with E-state index in [-0.39, 0.29) is 5.91 Å². The topological polar surface area (TPSA) is 84.2 Å². The Kier molecular flexibility index (Phi) is 5.50. The number of rotatable bonds is 6. The van der Waals surface area contributed by atoms with Crippen molar-refractivity contribution in [3.63, 3.8) is 0 Å². The summed E-state index contributed by atoms with van der Waals surface area (Å²) < 4.78 is 6.80. The molecule has 4 rings (SSSR count). The molecular formula is C20H19N5O2S2. The molecule has 29 heavy (non-hydrogen) atoms. The van der Waals surface area contributed by atoms with Gasteiger partial charge >= 0.3 is 0 Å². The van der Waals surface area contributed by atoms with Crippen LogP contribution in [0.4, 0.5) is 11.5 Å². The van der Waals surface area contributed by atoms with Gasteiger partial charge in [0, 0.05) is 37.0 Å². The van der Waals surface area contributed by atoms with Gasteiger partial charge in [0.1, 0.15) is 10.6 Å². The zero-order chi connectivity index (χ0) is 20.4. The van der Waals surface area contributed by atoms with Crippen LogP contribution in [-0.4, -0.2) is 35.2 Å². The van der Waals surface area contributed by atoms with E-state index in [9.17, 15) is 4.79 Å². The summed E-state index contributed by atoms with van der Waals surface area (Å²) in [6.07, 6.45) is 1.69. The van der Waals surface area contributed by atoms with E-state index in [1.807, 2.05) is 56.3 Å². The van der Waals surface area contributed by atoms with E-state index in [1.54, 1.807) is 24.0 Å². The molecule has 0 aliphatic carbocycles. The monoisotopic (exact) mass is 425 g/mol. The fourth-order valence-electron chi connectivity index (χ4n) is 2.93. The number of benzene rings is 1. The van der Waals surface area contributed by atoms with Gasteiger partial charge in [-0.25, -0.2) is 4.98 Å². The molecule has 3 heterocycles. The van der Waals surface area contributed by atoms with Gasteiger partial charge in [-0.05, 0) is 25.1 Å².